The van der Waals surface area contributed by atoms with Crippen molar-refractivity contribution in [2.24, 2.45) is 11.3 Å². The average Bonchev–Trinajstić information content (AvgIpc) is 2.63. The van der Waals surface area contributed by atoms with Gasteiger partial charge < -0.3 is 24.8 Å². The lowest BCUT2D eigenvalue weighted by Gasteiger charge is -2.31. The summed E-state index contributed by atoms with van der Waals surface area (Å²) in [5, 5.41) is 4.83. The molecule has 9 nitrogen and oxygen atoms in total. The molecule has 2 amide bonds. The van der Waals surface area contributed by atoms with Crippen molar-refractivity contribution in [3.63, 3.8) is 0 Å². The van der Waals surface area contributed by atoms with Gasteiger partial charge in [0.1, 0.15) is 25.8 Å². The van der Waals surface area contributed by atoms with Crippen LogP contribution in [0.4, 0.5) is 4.79 Å². The van der Waals surface area contributed by atoms with Crippen LogP contribution in [0.2, 0.25) is 0 Å². The van der Waals surface area contributed by atoms with Gasteiger partial charge in [-0.05, 0) is 11.3 Å². The molecule has 0 radical (unpaired) electrons. The minimum Gasteiger partial charge on any atom is -0.460 e. The summed E-state index contributed by atoms with van der Waals surface area (Å²) in [5.41, 5.74) is -0.712. The molecule has 0 rings (SSSR count). The summed E-state index contributed by atoms with van der Waals surface area (Å²) in [5.74, 6) is -2.47. The average molecular weight is 412 g/mol. The Hall–Kier alpha value is -2.84. The third kappa shape index (κ3) is 10.3. The highest BCUT2D eigenvalue weighted by Crippen LogP contribution is 2.22. The van der Waals surface area contributed by atoms with Crippen LogP contribution < -0.4 is 10.6 Å². The fourth-order valence-corrected chi connectivity index (χ4v) is 2.07. The molecule has 0 spiro atoms. The van der Waals surface area contributed by atoms with Crippen LogP contribution in [0.1, 0.15) is 34.6 Å². The number of rotatable bonds is 11. The lowest BCUT2D eigenvalue weighted by molar-refractivity contribution is -0.163. The molecule has 0 unspecified atom stereocenters. The van der Waals surface area contributed by atoms with Crippen LogP contribution in [-0.4, -0.2) is 55.8 Å². The summed E-state index contributed by atoms with van der Waals surface area (Å²) in [7, 11) is 0. The van der Waals surface area contributed by atoms with Crippen LogP contribution in [0.25, 0.3) is 0 Å². The van der Waals surface area contributed by atoms with Crippen LogP contribution in [0.3, 0.4) is 0 Å². The summed E-state index contributed by atoms with van der Waals surface area (Å²) < 4.78 is 15.0. The third-order valence-corrected chi connectivity index (χ3v) is 3.57. The van der Waals surface area contributed by atoms with E-state index in [0.717, 1.165) is 0 Å². The van der Waals surface area contributed by atoms with Crippen molar-refractivity contribution in [1.29, 1.82) is 0 Å². The largest absolute Gasteiger partial charge is 0.460 e. The van der Waals surface area contributed by atoms with Gasteiger partial charge in [-0.1, -0.05) is 59.9 Å². The molecule has 0 saturated heterocycles. The molecule has 164 valence electrons. The molecule has 0 aromatic carbocycles. The van der Waals surface area contributed by atoms with Gasteiger partial charge in [-0.15, -0.1) is 0 Å². The standard InChI is InChI=1S/C20H32N2O7/c1-8-10-27-14(23)12-21-17(24)15(13(3)4)29-18(25)16(20(5,6)7)22-19(26)28-11-9-2/h8-9,13,15-16H,1-2,10-12H2,3-7H3,(H,21,24)(H,22,26)/t15-,16+/m0/s1. The molecule has 0 aliphatic carbocycles. The maximum atomic E-state index is 12.7. The molecule has 0 aromatic rings. The minimum atomic E-state index is -1.16. The molecular weight excluding hydrogens is 380 g/mol. The van der Waals surface area contributed by atoms with Crippen LogP contribution >= 0.6 is 0 Å². The van der Waals surface area contributed by atoms with Crippen molar-refractivity contribution in [3.05, 3.63) is 25.3 Å². The maximum Gasteiger partial charge on any atom is 0.408 e. The normalized spacial score (nSPS) is 12.9. The number of amides is 2. The Morgan fingerprint density at radius 3 is 2.03 bits per heavy atom. The Bertz CT molecular complexity index is 608. The Morgan fingerprint density at radius 2 is 1.55 bits per heavy atom. The van der Waals surface area contributed by atoms with Gasteiger partial charge in [-0.25, -0.2) is 9.59 Å². The van der Waals surface area contributed by atoms with E-state index in [4.69, 9.17) is 14.2 Å². The number of carbonyl (C=O) groups is 4. The molecular formula is C20H32N2O7. The predicted octanol–water partition coefficient (Wildman–Crippen LogP) is 1.73. The van der Waals surface area contributed by atoms with Gasteiger partial charge >= 0.3 is 18.0 Å². The summed E-state index contributed by atoms with van der Waals surface area (Å²) >= 11 is 0. The van der Waals surface area contributed by atoms with Gasteiger partial charge in [0.25, 0.3) is 5.91 Å². The summed E-state index contributed by atoms with van der Waals surface area (Å²) in [6.07, 6.45) is 0.823. The van der Waals surface area contributed by atoms with E-state index in [1.165, 1.54) is 12.2 Å². The zero-order valence-corrected chi connectivity index (χ0v) is 17.8. The van der Waals surface area contributed by atoms with E-state index in [9.17, 15) is 19.2 Å². The summed E-state index contributed by atoms with van der Waals surface area (Å²) in [6.45, 7) is 15.1. The number of hydrogen-bond donors (Lipinski definition) is 2. The van der Waals surface area contributed by atoms with E-state index in [-0.39, 0.29) is 25.7 Å². The molecule has 0 heterocycles. The van der Waals surface area contributed by atoms with E-state index in [1.807, 2.05) is 0 Å². The van der Waals surface area contributed by atoms with Gasteiger partial charge in [-0.2, -0.15) is 0 Å². The molecule has 29 heavy (non-hydrogen) atoms. The molecule has 9 heteroatoms. The zero-order valence-electron chi connectivity index (χ0n) is 17.8. The fourth-order valence-electron chi connectivity index (χ4n) is 2.07. The Kier molecular flexibility index (Phi) is 11.4. The second kappa shape index (κ2) is 12.6. The van der Waals surface area contributed by atoms with Crippen molar-refractivity contribution in [3.8, 4) is 0 Å². The Labute approximate surface area is 171 Å². The molecule has 0 bridgehead atoms. The van der Waals surface area contributed by atoms with Crippen molar-refractivity contribution >= 4 is 23.9 Å². The van der Waals surface area contributed by atoms with Crippen molar-refractivity contribution < 1.29 is 33.4 Å². The van der Waals surface area contributed by atoms with Gasteiger partial charge in [0.2, 0.25) is 0 Å². The molecule has 0 saturated carbocycles. The number of nitrogens with one attached hydrogen (secondary N) is 2. The maximum absolute atomic E-state index is 12.7. The van der Waals surface area contributed by atoms with Crippen LogP contribution in [0.5, 0.6) is 0 Å². The first kappa shape index (κ1) is 26.2. The van der Waals surface area contributed by atoms with E-state index in [0.29, 0.717) is 0 Å². The smallest absolute Gasteiger partial charge is 0.408 e. The van der Waals surface area contributed by atoms with Crippen molar-refractivity contribution in [1.82, 2.24) is 10.6 Å². The number of carbonyl (C=O) groups excluding carboxylic acids is 4. The molecule has 0 fully saturated rings. The predicted molar refractivity (Wildman–Crippen MR) is 107 cm³/mol. The fraction of sp³-hybridized carbons (Fsp3) is 0.600. The minimum absolute atomic E-state index is 0.0171. The summed E-state index contributed by atoms with van der Waals surface area (Å²) in [6, 6.07) is -1.06. The number of alkyl carbamates (subject to hydrolysis) is 1. The van der Waals surface area contributed by atoms with Crippen LogP contribution in [0.15, 0.2) is 25.3 Å². The second-order valence-corrected chi connectivity index (χ2v) is 7.62. The highest BCUT2D eigenvalue weighted by Gasteiger charge is 2.38. The first-order chi connectivity index (χ1) is 13.4. The molecule has 0 aliphatic rings. The molecule has 2 atom stereocenters. The Morgan fingerprint density at radius 1 is 1.00 bits per heavy atom. The highest BCUT2D eigenvalue weighted by molar-refractivity contribution is 5.89. The SMILES string of the molecule is C=CCOC(=O)CNC(=O)[C@@H](OC(=O)[C@@H](NC(=O)OCC=C)C(C)(C)C)C(C)C. The van der Waals surface area contributed by atoms with E-state index in [1.54, 1.807) is 34.6 Å². The van der Waals surface area contributed by atoms with Gasteiger partial charge in [-0.3, -0.25) is 9.59 Å². The second-order valence-electron chi connectivity index (χ2n) is 7.62. The summed E-state index contributed by atoms with van der Waals surface area (Å²) in [4.78, 5) is 48.5. The number of esters is 2. The first-order valence-corrected chi connectivity index (χ1v) is 9.22. The lowest BCUT2D eigenvalue weighted by Crippen LogP contribution is -2.52. The topological polar surface area (TPSA) is 120 Å². The molecule has 2 N–H and O–H groups in total. The van der Waals surface area contributed by atoms with Crippen molar-refractivity contribution in [2.75, 3.05) is 19.8 Å². The van der Waals surface area contributed by atoms with Crippen molar-refractivity contribution in [2.45, 2.75) is 46.8 Å². The third-order valence-electron chi connectivity index (χ3n) is 3.57. The van der Waals surface area contributed by atoms with Gasteiger partial charge in [0, 0.05) is 0 Å². The van der Waals surface area contributed by atoms with E-state index in [2.05, 4.69) is 23.8 Å². The quantitative estimate of drug-likeness (QED) is 0.301. The Balaban J connectivity index is 5.11. The zero-order chi connectivity index (χ0) is 22.6. The first-order valence-electron chi connectivity index (χ1n) is 9.22. The molecule has 0 aliphatic heterocycles. The van der Waals surface area contributed by atoms with E-state index >= 15 is 0 Å². The lowest BCUT2D eigenvalue weighted by atomic mass is 9.86. The number of hydrogen-bond acceptors (Lipinski definition) is 7. The van der Waals surface area contributed by atoms with E-state index < -0.39 is 41.5 Å². The monoisotopic (exact) mass is 412 g/mol. The number of ether oxygens (including phenoxy) is 3. The molecule has 0 aromatic heterocycles. The van der Waals surface area contributed by atoms with Gasteiger partial charge in [0.15, 0.2) is 6.10 Å². The van der Waals surface area contributed by atoms with Crippen LogP contribution in [0, 0.1) is 11.3 Å². The highest BCUT2D eigenvalue weighted by atomic mass is 16.6. The van der Waals surface area contributed by atoms with Gasteiger partial charge in [0.05, 0.1) is 0 Å². The van der Waals surface area contributed by atoms with Crippen LogP contribution in [-0.2, 0) is 28.6 Å².